The Morgan fingerprint density at radius 2 is 1.96 bits per heavy atom. The van der Waals surface area contributed by atoms with Crippen molar-refractivity contribution in [3.63, 3.8) is 0 Å². The van der Waals surface area contributed by atoms with Gasteiger partial charge in [0.05, 0.1) is 16.4 Å². The maximum atomic E-state index is 12.6. The molecule has 2 aromatic carbocycles. The van der Waals surface area contributed by atoms with Crippen molar-refractivity contribution >= 4 is 34.8 Å². The van der Waals surface area contributed by atoms with E-state index in [2.05, 4.69) is 17.6 Å². The fourth-order valence-corrected chi connectivity index (χ4v) is 3.11. The SMILES string of the molecule is CCc1ccc(-c2ccc(C(=O)Nc3cc4c(cc3Cl)NC(=O)CO4)o2)cc1. The molecule has 0 bridgehead atoms. The summed E-state index contributed by atoms with van der Waals surface area (Å²) in [5.74, 6) is 0.525. The van der Waals surface area contributed by atoms with Crippen molar-refractivity contribution in [3.8, 4) is 17.1 Å². The maximum Gasteiger partial charge on any atom is 0.291 e. The van der Waals surface area contributed by atoms with Crippen LogP contribution >= 0.6 is 11.6 Å². The van der Waals surface area contributed by atoms with Crippen LogP contribution in [0.3, 0.4) is 0 Å². The molecule has 7 heteroatoms. The van der Waals surface area contributed by atoms with Gasteiger partial charge in [-0.15, -0.1) is 0 Å². The molecule has 0 fully saturated rings. The van der Waals surface area contributed by atoms with E-state index in [1.807, 2.05) is 24.3 Å². The van der Waals surface area contributed by atoms with Crippen LogP contribution in [-0.4, -0.2) is 18.4 Å². The van der Waals surface area contributed by atoms with Crippen molar-refractivity contribution < 1.29 is 18.7 Å². The summed E-state index contributed by atoms with van der Waals surface area (Å²) < 4.78 is 11.1. The first-order chi connectivity index (χ1) is 13.5. The topological polar surface area (TPSA) is 80.6 Å². The summed E-state index contributed by atoms with van der Waals surface area (Å²) in [6, 6.07) is 14.5. The highest BCUT2D eigenvalue weighted by molar-refractivity contribution is 6.34. The normalized spacial score (nSPS) is 12.7. The summed E-state index contributed by atoms with van der Waals surface area (Å²) in [5, 5.41) is 5.65. The van der Waals surface area contributed by atoms with Gasteiger partial charge in [0.2, 0.25) is 0 Å². The highest BCUT2D eigenvalue weighted by atomic mass is 35.5. The Bertz CT molecular complexity index is 1060. The summed E-state index contributed by atoms with van der Waals surface area (Å²) >= 11 is 6.22. The summed E-state index contributed by atoms with van der Waals surface area (Å²) in [4.78, 5) is 23.9. The van der Waals surface area contributed by atoms with Crippen molar-refractivity contribution in [1.82, 2.24) is 0 Å². The van der Waals surface area contributed by atoms with Gasteiger partial charge in [-0.3, -0.25) is 9.59 Å². The molecule has 6 nitrogen and oxygen atoms in total. The molecule has 1 aromatic heterocycles. The molecular formula is C21H17ClN2O4. The lowest BCUT2D eigenvalue weighted by Crippen LogP contribution is -2.25. The van der Waals surface area contributed by atoms with E-state index in [1.165, 1.54) is 11.6 Å². The van der Waals surface area contributed by atoms with Gasteiger partial charge in [-0.25, -0.2) is 0 Å². The zero-order valence-electron chi connectivity index (χ0n) is 15.0. The molecule has 28 heavy (non-hydrogen) atoms. The zero-order valence-corrected chi connectivity index (χ0v) is 15.8. The molecular weight excluding hydrogens is 380 g/mol. The molecule has 1 aliphatic rings. The molecule has 2 N–H and O–H groups in total. The number of rotatable bonds is 4. The molecule has 0 unspecified atom stereocenters. The highest BCUT2D eigenvalue weighted by Gasteiger charge is 2.20. The third kappa shape index (κ3) is 3.59. The largest absolute Gasteiger partial charge is 0.482 e. The predicted molar refractivity (Wildman–Crippen MR) is 107 cm³/mol. The lowest BCUT2D eigenvalue weighted by atomic mass is 10.1. The minimum atomic E-state index is -0.432. The van der Waals surface area contributed by atoms with Crippen LogP contribution in [0.15, 0.2) is 52.9 Å². The Kier molecular flexibility index (Phi) is 4.79. The quantitative estimate of drug-likeness (QED) is 0.667. The number of hydrogen-bond acceptors (Lipinski definition) is 4. The maximum absolute atomic E-state index is 12.6. The van der Waals surface area contributed by atoms with E-state index in [-0.39, 0.29) is 23.3 Å². The van der Waals surface area contributed by atoms with Crippen LogP contribution in [0.25, 0.3) is 11.3 Å². The van der Waals surface area contributed by atoms with Crippen molar-refractivity contribution in [1.29, 1.82) is 0 Å². The number of hydrogen-bond donors (Lipinski definition) is 2. The molecule has 1 aliphatic heterocycles. The Morgan fingerprint density at radius 1 is 1.18 bits per heavy atom. The lowest BCUT2D eigenvalue weighted by Gasteiger charge is -2.19. The lowest BCUT2D eigenvalue weighted by molar-refractivity contribution is -0.118. The molecule has 142 valence electrons. The summed E-state index contributed by atoms with van der Waals surface area (Å²) in [5.41, 5.74) is 2.96. The number of benzene rings is 2. The van der Waals surface area contributed by atoms with Gasteiger partial charge in [-0.2, -0.15) is 0 Å². The Morgan fingerprint density at radius 3 is 2.71 bits per heavy atom. The highest BCUT2D eigenvalue weighted by Crippen LogP contribution is 2.36. The van der Waals surface area contributed by atoms with Gasteiger partial charge < -0.3 is 19.8 Å². The molecule has 0 spiro atoms. The second kappa shape index (κ2) is 7.40. The molecule has 0 saturated heterocycles. The van der Waals surface area contributed by atoms with Gasteiger partial charge in [0.15, 0.2) is 12.4 Å². The van der Waals surface area contributed by atoms with E-state index in [9.17, 15) is 9.59 Å². The number of furan rings is 1. The molecule has 0 aliphatic carbocycles. The number of aryl methyl sites for hydroxylation is 1. The van der Waals surface area contributed by atoms with Gasteiger partial charge in [0.1, 0.15) is 11.5 Å². The van der Waals surface area contributed by atoms with Crippen molar-refractivity contribution in [2.24, 2.45) is 0 Å². The van der Waals surface area contributed by atoms with Gasteiger partial charge in [-0.05, 0) is 30.2 Å². The number of nitrogens with one attached hydrogen (secondary N) is 2. The van der Waals surface area contributed by atoms with E-state index in [1.54, 1.807) is 18.2 Å². The zero-order chi connectivity index (χ0) is 19.7. The number of carbonyl (C=O) groups is 2. The van der Waals surface area contributed by atoms with Crippen molar-refractivity contribution in [2.75, 3.05) is 17.2 Å². The van der Waals surface area contributed by atoms with E-state index >= 15 is 0 Å². The smallest absolute Gasteiger partial charge is 0.291 e. The van der Waals surface area contributed by atoms with Crippen molar-refractivity contribution in [2.45, 2.75) is 13.3 Å². The third-order valence-electron chi connectivity index (χ3n) is 4.43. The number of fused-ring (bicyclic) bond motifs is 1. The average molecular weight is 397 g/mol. The molecule has 2 heterocycles. The molecule has 2 amide bonds. The molecule has 0 atom stereocenters. The van der Waals surface area contributed by atoms with Crippen LogP contribution in [0.4, 0.5) is 11.4 Å². The van der Waals surface area contributed by atoms with Crippen LogP contribution in [0.2, 0.25) is 5.02 Å². The molecule has 0 radical (unpaired) electrons. The van der Waals surface area contributed by atoms with E-state index in [0.29, 0.717) is 22.9 Å². The monoisotopic (exact) mass is 396 g/mol. The molecule has 4 rings (SSSR count). The second-order valence-electron chi connectivity index (χ2n) is 6.33. The van der Waals surface area contributed by atoms with Crippen LogP contribution in [0.5, 0.6) is 5.75 Å². The first kappa shape index (κ1) is 18.1. The summed E-state index contributed by atoms with van der Waals surface area (Å²) in [6.45, 7) is 2.01. The second-order valence-corrected chi connectivity index (χ2v) is 6.74. The number of ether oxygens (including phenoxy) is 1. The fraction of sp³-hybridized carbons (Fsp3) is 0.143. The predicted octanol–water partition coefficient (Wildman–Crippen LogP) is 4.75. The standard InChI is InChI=1S/C21H17ClN2O4/c1-2-12-3-5-13(6-4-12)17-7-8-18(28-17)21(26)24-15-10-19-16(9-14(15)22)23-20(25)11-27-19/h3-10H,2,11H2,1H3,(H,23,25)(H,24,26). The Balaban J connectivity index is 1.53. The Hall–Kier alpha value is -3.25. The van der Waals surface area contributed by atoms with Gasteiger partial charge in [0.25, 0.3) is 11.8 Å². The van der Waals surface area contributed by atoms with Gasteiger partial charge in [0, 0.05) is 11.6 Å². The Labute approximate surface area is 166 Å². The number of anilines is 2. The molecule has 3 aromatic rings. The fourth-order valence-electron chi connectivity index (χ4n) is 2.90. The number of amides is 2. The van der Waals surface area contributed by atoms with Crippen LogP contribution in [-0.2, 0) is 11.2 Å². The van der Waals surface area contributed by atoms with E-state index in [4.69, 9.17) is 20.8 Å². The third-order valence-corrected chi connectivity index (χ3v) is 4.74. The van der Waals surface area contributed by atoms with E-state index < -0.39 is 5.91 Å². The first-order valence-electron chi connectivity index (χ1n) is 8.80. The number of halogens is 1. The van der Waals surface area contributed by atoms with Gasteiger partial charge >= 0.3 is 0 Å². The number of carbonyl (C=O) groups excluding carboxylic acids is 2. The van der Waals surface area contributed by atoms with Crippen LogP contribution in [0, 0.1) is 0 Å². The van der Waals surface area contributed by atoms with Crippen LogP contribution < -0.4 is 15.4 Å². The minimum absolute atomic E-state index is 0.0830. The summed E-state index contributed by atoms with van der Waals surface area (Å²) in [7, 11) is 0. The minimum Gasteiger partial charge on any atom is -0.482 e. The van der Waals surface area contributed by atoms with E-state index in [0.717, 1.165) is 12.0 Å². The summed E-state index contributed by atoms with van der Waals surface area (Å²) in [6.07, 6.45) is 0.959. The van der Waals surface area contributed by atoms with Crippen molar-refractivity contribution in [3.05, 3.63) is 64.9 Å². The van der Waals surface area contributed by atoms with Gasteiger partial charge in [-0.1, -0.05) is 42.8 Å². The first-order valence-corrected chi connectivity index (χ1v) is 9.18. The average Bonchev–Trinajstić information content (AvgIpc) is 3.19. The molecule has 0 saturated carbocycles. The van der Waals surface area contributed by atoms with Crippen LogP contribution in [0.1, 0.15) is 23.0 Å².